The number of piperidine rings is 1. The normalized spacial score (nSPS) is 16.7. The van der Waals surface area contributed by atoms with E-state index in [1.165, 1.54) is 25.3 Å². The summed E-state index contributed by atoms with van der Waals surface area (Å²) in [5, 5.41) is 2.94. The molecule has 0 unspecified atom stereocenters. The van der Waals surface area contributed by atoms with Gasteiger partial charge in [-0.1, -0.05) is 24.6 Å². The Hall–Kier alpha value is -2.14. The fourth-order valence-corrected chi connectivity index (χ4v) is 3.21. The number of furan rings is 1. The zero-order chi connectivity index (χ0) is 16.8. The molecule has 1 atom stereocenters. The van der Waals surface area contributed by atoms with Crippen molar-refractivity contribution in [3.05, 3.63) is 59.8 Å². The molecule has 1 aromatic carbocycles. The van der Waals surface area contributed by atoms with Gasteiger partial charge < -0.3 is 9.73 Å². The Morgan fingerprint density at radius 3 is 2.67 bits per heavy atom. The SMILES string of the molecule is O=C(Cc1ccccc1F)NC[C@@H](c1ccco1)N1CCCCC1. The lowest BCUT2D eigenvalue weighted by molar-refractivity contribution is -0.120. The van der Waals surface area contributed by atoms with Crippen LogP contribution in [0.3, 0.4) is 0 Å². The zero-order valence-corrected chi connectivity index (χ0v) is 13.7. The quantitative estimate of drug-likeness (QED) is 0.884. The van der Waals surface area contributed by atoms with Gasteiger partial charge in [0, 0.05) is 6.54 Å². The van der Waals surface area contributed by atoms with Gasteiger partial charge in [-0.2, -0.15) is 0 Å². The summed E-state index contributed by atoms with van der Waals surface area (Å²) in [6.07, 6.45) is 5.30. The van der Waals surface area contributed by atoms with E-state index >= 15 is 0 Å². The van der Waals surface area contributed by atoms with Crippen molar-refractivity contribution in [2.45, 2.75) is 31.7 Å². The van der Waals surface area contributed by atoms with Gasteiger partial charge in [-0.05, 0) is 49.7 Å². The number of carbonyl (C=O) groups is 1. The minimum atomic E-state index is -0.341. The van der Waals surface area contributed by atoms with Gasteiger partial charge in [0.05, 0.1) is 18.7 Å². The second kappa shape index (κ2) is 8.11. The second-order valence-corrected chi connectivity index (χ2v) is 6.20. The lowest BCUT2D eigenvalue weighted by Crippen LogP contribution is -2.40. The topological polar surface area (TPSA) is 45.5 Å². The van der Waals surface area contributed by atoms with Crippen molar-refractivity contribution in [1.29, 1.82) is 0 Å². The molecule has 1 saturated heterocycles. The lowest BCUT2D eigenvalue weighted by atomic mass is 10.1. The monoisotopic (exact) mass is 330 g/mol. The van der Waals surface area contributed by atoms with Crippen LogP contribution in [0.15, 0.2) is 47.1 Å². The Morgan fingerprint density at radius 2 is 1.96 bits per heavy atom. The summed E-state index contributed by atoms with van der Waals surface area (Å²) in [4.78, 5) is 14.5. The number of carbonyl (C=O) groups excluding carboxylic acids is 1. The number of amides is 1. The first-order chi connectivity index (χ1) is 11.7. The van der Waals surface area contributed by atoms with Crippen LogP contribution in [0.4, 0.5) is 4.39 Å². The van der Waals surface area contributed by atoms with E-state index < -0.39 is 0 Å². The Kier molecular flexibility index (Phi) is 5.64. The molecule has 24 heavy (non-hydrogen) atoms. The number of rotatable bonds is 6. The van der Waals surface area contributed by atoms with Crippen molar-refractivity contribution in [2.75, 3.05) is 19.6 Å². The molecule has 3 rings (SSSR count). The number of nitrogens with zero attached hydrogens (tertiary/aromatic N) is 1. The summed E-state index contributed by atoms with van der Waals surface area (Å²) in [5.74, 6) is 0.350. The predicted octanol–water partition coefficient (Wildman–Crippen LogP) is 3.30. The smallest absolute Gasteiger partial charge is 0.224 e. The highest BCUT2D eigenvalue weighted by Gasteiger charge is 2.24. The van der Waals surface area contributed by atoms with E-state index in [0.717, 1.165) is 18.8 Å². The van der Waals surface area contributed by atoms with E-state index in [9.17, 15) is 9.18 Å². The first-order valence-corrected chi connectivity index (χ1v) is 8.51. The molecule has 1 amide bonds. The van der Waals surface area contributed by atoms with Crippen LogP contribution in [-0.4, -0.2) is 30.4 Å². The largest absolute Gasteiger partial charge is 0.468 e. The highest BCUT2D eigenvalue weighted by molar-refractivity contribution is 5.78. The third-order valence-electron chi connectivity index (χ3n) is 4.50. The maximum absolute atomic E-state index is 13.7. The molecule has 2 heterocycles. The van der Waals surface area contributed by atoms with Crippen molar-refractivity contribution in [3.8, 4) is 0 Å². The fourth-order valence-electron chi connectivity index (χ4n) is 3.21. The van der Waals surface area contributed by atoms with Gasteiger partial charge >= 0.3 is 0 Å². The molecule has 1 aliphatic heterocycles. The molecule has 2 aromatic rings. The number of hydrogen-bond acceptors (Lipinski definition) is 3. The van der Waals surface area contributed by atoms with E-state index in [4.69, 9.17) is 4.42 Å². The highest BCUT2D eigenvalue weighted by atomic mass is 19.1. The molecule has 0 aliphatic carbocycles. The van der Waals surface area contributed by atoms with E-state index in [2.05, 4.69) is 10.2 Å². The van der Waals surface area contributed by atoms with Crippen LogP contribution in [0.1, 0.15) is 36.6 Å². The Morgan fingerprint density at radius 1 is 1.17 bits per heavy atom. The number of hydrogen-bond donors (Lipinski definition) is 1. The average Bonchev–Trinajstić information content (AvgIpc) is 3.12. The lowest BCUT2D eigenvalue weighted by Gasteiger charge is -2.33. The van der Waals surface area contributed by atoms with Crippen molar-refractivity contribution in [1.82, 2.24) is 10.2 Å². The standard InChI is InChI=1S/C19H23FN2O2/c20-16-8-3-2-7-15(16)13-19(23)21-14-17(18-9-6-12-24-18)22-10-4-1-5-11-22/h2-3,6-9,12,17H,1,4-5,10-11,13-14H2,(H,21,23)/t17-/m0/s1. The third-order valence-corrected chi connectivity index (χ3v) is 4.50. The van der Waals surface area contributed by atoms with Crippen LogP contribution in [0, 0.1) is 5.82 Å². The van der Waals surface area contributed by atoms with E-state index in [1.54, 1.807) is 24.5 Å². The average molecular weight is 330 g/mol. The van der Waals surface area contributed by atoms with Gasteiger partial charge in [0.1, 0.15) is 11.6 Å². The summed E-state index contributed by atoms with van der Waals surface area (Å²) in [5.41, 5.74) is 0.419. The molecule has 1 fully saturated rings. The summed E-state index contributed by atoms with van der Waals surface area (Å²) >= 11 is 0. The van der Waals surface area contributed by atoms with Gasteiger partial charge in [0.25, 0.3) is 0 Å². The second-order valence-electron chi connectivity index (χ2n) is 6.20. The van der Waals surface area contributed by atoms with Gasteiger partial charge in [-0.15, -0.1) is 0 Å². The molecular formula is C19H23FN2O2. The first-order valence-electron chi connectivity index (χ1n) is 8.51. The van der Waals surface area contributed by atoms with Gasteiger partial charge in [-0.25, -0.2) is 4.39 Å². The van der Waals surface area contributed by atoms with Gasteiger partial charge in [0.2, 0.25) is 5.91 Å². The molecule has 0 saturated carbocycles. The number of halogens is 1. The molecular weight excluding hydrogens is 307 g/mol. The van der Waals surface area contributed by atoms with Gasteiger partial charge in [-0.3, -0.25) is 9.69 Å². The molecule has 0 spiro atoms. The zero-order valence-electron chi connectivity index (χ0n) is 13.7. The molecule has 1 aliphatic rings. The predicted molar refractivity (Wildman–Crippen MR) is 90.0 cm³/mol. The Labute approximate surface area is 141 Å². The summed E-state index contributed by atoms with van der Waals surface area (Å²) in [6, 6.07) is 10.2. The van der Waals surface area contributed by atoms with E-state index in [-0.39, 0.29) is 24.2 Å². The van der Waals surface area contributed by atoms with Gasteiger partial charge in [0.15, 0.2) is 0 Å². The third kappa shape index (κ3) is 4.23. The molecule has 1 N–H and O–H groups in total. The number of benzene rings is 1. The first kappa shape index (κ1) is 16.7. The summed E-state index contributed by atoms with van der Waals surface area (Å²) in [6.45, 7) is 2.49. The van der Waals surface area contributed by atoms with Crippen LogP contribution in [0.2, 0.25) is 0 Å². The summed E-state index contributed by atoms with van der Waals surface area (Å²) in [7, 11) is 0. The molecule has 1 aromatic heterocycles. The maximum Gasteiger partial charge on any atom is 0.224 e. The van der Waals surface area contributed by atoms with Crippen LogP contribution in [0.5, 0.6) is 0 Å². The maximum atomic E-state index is 13.7. The molecule has 128 valence electrons. The van der Waals surface area contributed by atoms with E-state index in [0.29, 0.717) is 12.1 Å². The van der Waals surface area contributed by atoms with Crippen molar-refractivity contribution in [3.63, 3.8) is 0 Å². The Bertz CT molecular complexity index is 651. The highest BCUT2D eigenvalue weighted by Crippen LogP contribution is 2.24. The minimum absolute atomic E-state index is 0.0323. The fraction of sp³-hybridized carbons (Fsp3) is 0.421. The minimum Gasteiger partial charge on any atom is -0.468 e. The molecule has 4 nitrogen and oxygen atoms in total. The van der Waals surface area contributed by atoms with Crippen LogP contribution in [0.25, 0.3) is 0 Å². The van der Waals surface area contributed by atoms with Crippen molar-refractivity contribution < 1.29 is 13.6 Å². The molecule has 5 heteroatoms. The van der Waals surface area contributed by atoms with Crippen LogP contribution in [-0.2, 0) is 11.2 Å². The van der Waals surface area contributed by atoms with Crippen molar-refractivity contribution >= 4 is 5.91 Å². The number of nitrogens with one attached hydrogen (secondary N) is 1. The van der Waals surface area contributed by atoms with Crippen molar-refractivity contribution in [2.24, 2.45) is 0 Å². The molecule has 0 radical (unpaired) electrons. The molecule has 0 bridgehead atoms. The summed E-state index contributed by atoms with van der Waals surface area (Å²) < 4.78 is 19.2. The van der Waals surface area contributed by atoms with Crippen LogP contribution < -0.4 is 5.32 Å². The van der Waals surface area contributed by atoms with E-state index in [1.807, 2.05) is 12.1 Å². The number of likely N-dealkylation sites (tertiary alicyclic amines) is 1. The van der Waals surface area contributed by atoms with Crippen LogP contribution >= 0.6 is 0 Å². The Balaban J connectivity index is 1.61.